The standard InChI is InChI=1S/C30H35BrFN3O5S/c1-5-40-26-14-12-25(13-15-26)35(41(38,39)27-16-10-24(31)11-17-27)20-29(36)34(19-23-8-6-7-9-28(23)32)22(4)30(37)33-18-21(2)3/h6-17,21-22H,5,18-20H2,1-4H3,(H,33,37). The van der Waals surface area contributed by atoms with E-state index < -0.39 is 40.2 Å². The summed E-state index contributed by atoms with van der Waals surface area (Å²) in [5, 5.41) is 2.81. The molecule has 2 amide bonds. The van der Waals surface area contributed by atoms with Crippen molar-refractivity contribution in [3.63, 3.8) is 0 Å². The Morgan fingerprint density at radius 2 is 1.61 bits per heavy atom. The number of nitrogens with zero attached hydrogens (tertiary/aromatic N) is 2. The number of carbonyl (C=O) groups excluding carboxylic acids is 2. The maximum Gasteiger partial charge on any atom is 0.264 e. The van der Waals surface area contributed by atoms with Gasteiger partial charge in [0.25, 0.3) is 10.0 Å². The van der Waals surface area contributed by atoms with E-state index in [0.29, 0.717) is 23.4 Å². The number of hydrogen-bond acceptors (Lipinski definition) is 5. The van der Waals surface area contributed by atoms with Crippen molar-refractivity contribution in [2.75, 3.05) is 24.0 Å². The zero-order valence-electron chi connectivity index (χ0n) is 23.5. The first-order valence-corrected chi connectivity index (χ1v) is 15.5. The van der Waals surface area contributed by atoms with Crippen LogP contribution in [0.2, 0.25) is 0 Å². The zero-order valence-corrected chi connectivity index (χ0v) is 25.9. The number of anilines is 1. The second-order valence-corrected chi connectivity index (χ2v) is 12.6. The number of ether oxygens (including phenoxy) is 1. The smallest absolute Gasteiger partial charge is 0.264 e. The van der Waals surface area contributed by atoms with E-state index in [0.717, 1.165) is 4.31 Å². The van der Waals surface area contributed by atoms with Crippen LogP contribution in [-0.2, 0) is 26.2 Å². The zero-order chi connectivity index (χ0) is 30.2. The van der Waals surface area contributed by atoms with Crippen molar-refractivity contribution >= 4 is 43.5 Å². The average Bonchev–Trinajstić information content (AvgIpc) is 2.94. The number of amides is 2. The summed E-state index contributed by atoms with van der Waals surface area (Å²) in [4.78, 5) is 28.1. The van der Waals surface area contributed by atoms with Gasteiger partial charge in [0, 0.05) is 23.1 Å². The van der Waals surface area contributed by atoms with Crippen LogP contribution in [0.1, 0.15) is 33.3 Å². The fourth-order valence-corrected chi connectivity index (χ4v) is 5.66. The minimum Gasteiger partial charge on any atom is -0.494 e. The third-order valence-electron chi connectivity index (χ3n) is 6.27. The van der Waals surface area contributed by atoms with E-state index in [4.69, 9.17) is 4.74 Å². The summed E-state index contributed by atoms with van der Waals surface area (Å²) in [6.45, 7) is 7.23. The number of sulfonamides is 1. The van der Waals surface area contributed by atoms with Crippen LogP contribution >= 0.6 is 15.9 Å². The van der Waals surface area contributed by atoms with Gasteiger partial charge in [-0.2, -0.15) is 0 Å². The Morgan fingerprint density at radius 3 is 2.20 bits per heavy atom. The molecule has 0 aliphatic heterocycles. The number of hydrogen-bond donors (Lipinski definition) is 1. The van der Waals surface area contributed by atoms with Crippen LogP contribution in [0.15, 0.2) is 82.2 Å². The molecule has 11 heteroatoms. The molecule has 0 heterocycles. The molecule has 0 bridgehead atoms. The van der Waals surface area contributed by atoms with Crippen LogP contribution in [0.5, 0.6) is 5.75 Å². The van der Waals surface area contributed by atoms with Gasteiger partial charge in [0.2, 0.25) is 11.8 Å². The number of halogens is 2. The van der Waals surface area contributed by atoms with E-state index in [1.165, 1.54) is 35.2 Å². The van der Waals surface area contributed by atoms with E-state index in [1.54, 1.807) is 49.4 Å². The first-order valence-electron chi connectivity index (χ1n) is 13.3. The van der Waals surface area contributed by atoms with Crippen LogP contribution in [0, 0.1) is 11.7 Å². The third kappa shape index (κ3) is 8.53. The lowest BCUT2D eigenvalue weighted by Crippen LogP contribution is -2.51. The lowest BCUT2D eigenvalue weighted by Gasteiger charge is -2.32. The van der Waals surface area contributed by atoms with Gasteiger partial charge >= 0.3 is 0 Å². The van der Waals surface area contributed by atoms with Crippen molar-refractivity contribution in [1.29, 1.82) is 0 Å². The molecule has 0 aromatic heterocycles. The highest BCUT2D eigenvalue weighted by Crippen LogP contribution is 2.27. The molecular weight excluding hydrogens is 613 g/mol. The number of benzene rings is 3. The number of carbonyl (C=O) groups is 2. The molecule has 0 fully saturated rings. The van der Waals surface area contributed by atoms with Gasteiger partial charge in [-0.1, -0.05) is 48.0 Å². The fourth-order valence-electron chi connectivity index (χ4n) is 3.98. The highest BCUT2D eigenvalue weighted by Gasteiger charge is 2.33. The molecule has 220 valence electrons. The molecule has 0 aliphatic rings. The molecule has 0 radical (unpaired) electrons. The van der Waals surface area contributed by atoms with Gasteiger partial charge in [0.15, 0.2) is 0 Å². The van der Waals surface area contributed by atoms with Gasteiger partial charge in [-0.25, -0.2) is 12.8 Å². The lowest BCUT2D eigenvalue weighted by molar-refractivity contribution is -0.139. The van der Waals surface area contributed by atoms with E-state index >= 15 is 0 Å². The van der Waals surface area contributed by atoms with Gasteiger partial charge in [0.1, 0.15) is 24.2 Å². The van der Waals surface area contributed by atoms with Gasteiger partial charge in [0.05, 0.1) is 17.2 Å². The van der Waals surface area contributed by atoms with Crippen molar-refractivity contribution in [2.24, 2.45) is 5.92 Å². The molecule has 1 atom stereocenters. The predicted molar refractivity (Wildman–Crippen MR) is 161 cm³/mol. The van der Waals surface area contributed by atoms with E-state index in [1.807, 2.05) is 20.8 Å². The van der Waals surface area contributed by atoms with Crippen molar-refractivity contribution in [3.8, 4) is 5.75 Å². The van der Waals surface area contributed by atoms with E-state index in [-0.39, 0.29) is 28.6 Å². The Kier molecular flexibility index (Phi) is 11.3. The minimum atomic E-state index is -4.22. The molecule has 1 N–H and O–H groups in total. The van der Waals surface area contributed by atoms with Crippen molar-refractivity contribution in [2.45, 2.75) is 45.2 Å². The molecule has 8 nitrogen and oxygen atoms in total. The normalized spacial score (nSPS) is 12.1. The molecule has 1 unspecified atom stereocenters. The lowest BCUT2D eigenvalue weighted by atomic mass is 10.1. The average molecular weight is 649 g/mol. The van der Waals surface area contributed by atoms with Crippen LogP contribution < -0.4 is 14.4 Å². The molecule has 41 heavy (non-hydrogen) atoms. The molecular formula is C30H35BrFN3O5S. The highest BCUT2D eigenvalue weighted by atomic mass is 79.9. The largest absolute Gasteiger partial charge is 0.494 e. The molecule has 0 saturated heterocycles. The topological polar surface area (TPSA) is 96.0 Å². The van der Waals surface area contributed by atoms with Crippen molar-refractivity contribution < 1.29 is 27.1 Å². The Bertz CT molecular complexity index is 1430. The second-order valence-electron chi connectivity index (χ2n) is 9.82. The van der Waals surface area contributed by atoms with Crippen LogP contribution in [0.3, 0.4) is 0 Å². The summed E-state index contributed by atoms with van der Waals surface area (Å²) >= 11 is 3.31. The van der Waals surface area contributed by atoms with Crippen LogP contribution in [-0.4, -0.2) is 50.9 Å². The monoisotopic (exact) mass is 647 g/mol. The fraction of sp³-hybridized carbons (Fsp3) is 0.333. The SMILES string of the molecule is CCOc1ccc(N(CC(=O)N(Cc2ccccc2F)C(C)C(=O)NCC(C)C)S(=O)(=O)c2ccc(Br)cc2)cc1. The van der Waals surface area contributed by atoms with Crippen molar-refractivity contribution in [3.05, 3.63) is 88.6 Å². The Labute approximate surface area is 249 Å². The summed E-state index contributed by atoms with van der Waals surface area (Å²) in [7, 11) is -4.22. The Morgan fingerprint density at radius 1 is 0.976 bits per heavy atom. The molecule has 3 aromatic carbocycles. The Balaban J connectivity index is 2.03. The van der Waals surface area contributed by atoms with Gasteiger partial charge < -0.3 is 15.0 Å². The number of rotatable bonds is 13. The van der Waals surface area contributed by atoms with E-state index in [2.05, 4.69) is 21.2 Å². The van der Waals surface area contributed by atoms with Gasteiger partial charge in [-0.15, -0.1) is 0 Å². The molecule has 0 spiro atoms. The maximum absolute atomic E-state index is 14.6. The quantitative estimate of drug-likeness (QED) is 0.269. The van der Waals surface area contributed by atoms with Gasteiger partial charge in [-0.3, -0.25) is 13.9 Å². The minimum absolute atomic E-state index is 0.0224. The first-order chi connectivity index (χ1) is 19.4. The summed E-state index contributed by atoms with van der Waals surface area (Å²) in [5.41, 5.74) is 0.431. The Hall–Kier alpha value is -3.44. The maximum atomic E-state index is 14.6. The summed E-state index contributed by atoms with van der Waals surface area (Å²) < 4.78 is 49.6. The van der Waals surface area contributed by atoms with Crippen LogP contribution in [0.25, 0.3) is 0 Å². The predicted octanol–water partition coefficient (Wildman–Crippen LogP) is 5.37. The van der Waals surface area contributed by atoms with Crippen molar-refractivity contribution in [1.82, 2.24) is 10.2 Å². The molecule has 3 aromatic rings. The highest BCUT2D eigenvalue weighted by molar-refractivity contribution is 9.10. The van der Waals surface area contributed by atoms with Gasteiger partial charge in [-0.05, 0) is 74.4 Å². The first kappa shape index (κ1) is 32.1. The van der Waals surface area contributed by atoms with E-state index in [9.17, 15) is 22.4 Å². The molecule has 0 aliphatic carbocycles. The van der Waals surface area contributed by atoms with Crippen LogP contribution in [0.4, 0.5) is 10.1 Å². The molecule has 3 rings (SSSR count). The second kappa shape index (κ2) is 14.5. The third-order valence-corrected chi connectivity index (χ3v) is 8.58. The molecule has 0 saturated carbocycles. The summed E-state index contributed by atoms with van der Waals surface area (Å²) in [6, 6.07) is 17.4. The summed E-state index contributed by atoms with van der Waals surface area (Å²) in [5.74, 6) is -0.916. The summed E-state index contributed by atoms with van der Waals surface area (Å²) in [6.07, 6.45) is 0. The number of nitrogens with one attached hydrogen (secondary N) is 1.